The zero-order chi connectivity index (χ0) is 20.9. The van der Waals surface area contributed by atoms with Crippen LogP contribution in [0.5, 0.6) is 5.75 Å². The number of ether oxygens (including phenoxy) is 1. The SMILES string of the molecule is COc1cc(C)c(-c2cccc(/C=C/C(=O)O)c2)cc1C12CC3CC(CC(C3)C1)C2. The molecule has 4 fully saturated rings. The minimum Gasteiger partial charge on any atom is -0.496 e. The van der Waals surface area contributed by atoms with Gasteiger partial charge in [-0.15, -0.1) is 0 Å². The molecule has 0 spiro atoms. The Morgan fingerprint density at radius 1 is 1.07 bits per heavy atom. The first-order chi connectivity index (χ1) is 14.5. The van der Waals surface area contributed by atoms with Gasteiger partial charge < -0.3 is 9.84 Å². The van der Waals surface area contributed by atoms with Gasteiger partial charge in [-0.3, -0.25) is 0 Å². The third-order valence-corrected chi connectivity index (χ3v) is 7.77. The number of carbonyl (C=O) groups is 1. The van der Waals surface area contributed by atoms with Crippen molar-refractivity contribution in [3.63, 3.8) is 0 Å². The molecular weight excluding hydrogens is 372 g/mol. The first kappa shape index (κ1) is 19.4. The molecule has 4 aliphatic rings. The molecule has 2 aromatic carbocycles. The van der Waals surface area contributed by atoms with Crippen LogP contribution in [0.4, 0.5) is 0 Å². The molecule has 0 aliphatic heterocycles. The smallest absolute Gasteiger partial charge is 0.328 e. The lowest BCUT2D eigenvalue weighted by Gasteiger charge is -2.57. The van der Waals surface area contributed by atoms with Crippen LogP contribution in [-0.4, -0.2) is 18.2 Å². The summed E-state index contributed by atoms with van der Waals surface area (Å²) in [6, 6.07) is 12.8. The highest BCUT2D eigenvalue weighted by Crippen LogP contribution is 2.62. The molecular formula is C27H30O3. The Labute approximate surface area is 178 Å². The van der Waals surface area contributed by atoms with Crippen molar-refractivity contribution in [2.24, 2.45) is 17.8 Å². The summed E-state index contributed by atoms with van der Waals surface area (Å²) in [6.07, 6.45) is 11.1. The third-order valence-electron chi connectivity index (χ3n) is 7.77. The highest BCUT2D eigenvalue weighted by molar-refractivity contribution is 5.85. The molecule has 0 atom stereocenters. The average Bonchev–Trinajstić information content (AvgIpc) is 2.71. The zero-order valence-corrected chi connectivity index (χ0v) is 17.9. The molecule has 4 aliphatic carbocycles. The lowest BCUT2D eigenvalue weighted by Crippen LogP contribution is -2.48. The van der Waals surface area contributed by atoms with Crippen LogP contribution in [0.3, 0.4) is 0 Å². The third kappa shape index (κ3) is 3.34. The Bertz CT molecular complexity index is 981. The summed E-state index contributed by atoms with van der Waals surface area (Å²) in [5.41, 5.74) is 6.13. The molecule has 2 aromatic rings. The van der Waals surface area contributed by atoms with Crippen molar-refractivity contribution in [3.05, 3.63) is 59.2 Å². The van der Waals surface area contributed by atoms with E-state index >= 15 is 0 Å². The van der Waals surface area contributed by atoms with E-state index in [1.807, 2.05) is 12.1 Å². The Morgan fingerprint density at radius 2 is 1.73 bits per heavy atom. The largest absolute Gasteiger partial charge is 0.496 e. The van der Waals surface area contributed by atoms with Gasteiger partial charge in [0.05, 0.1) is 7.11 Å². The van der Waals surface area contributed by atoms with Crippen LogP contribution < -0.4 is 4.74 Å². The molecule has 0 aromatic heterocycles. The van der Waals surface area contributed by atoms with Crippen molar-refractivity contribution in [1.82, 2.24) is 0 Å². The molecule has 6 rings (SSSR count). The summed E-state index contributed by atoms with van der Waals surface area (Å²) in [6.45, 7) is 2.14. The average molecular weight is 403 g/mol. The highest BCUT2D eigenvalue weighted by Gasteiger charge is 2.52. The number of benzene rings is 2. The fourth-order valence-electron chi connectivity index (χ4n) is 6.99. The van der Waals surface area contributed by atoms with E-state index in [1.165, 1.54) is 61.3 Å². The van der Waals surface area contributed by atoms with Gasteiger partial charge in [-0.05, 0) is 115 Å². The van der Waals surface area contributed by atoms with Gasteiger partial charge in [0.15, 0.2) is 0 Å². The predicted molar refractivity (Wildman–Crippen MR) is 120 cm³/mol. The topological polar surface area (TPSA) is 46.5 Å². The predicted octanol–water partition coefficient (Wildman–Crippen LogP) is 6.24. The van der Waals surface area contributed by atoms with Crippen molar-refractivity contribution < 1.29 is 14.6 Å². The van der Waals surface area contributed by atoms with E-state index in [0.29, 0.717) is 0 Å². The molecule has 30 heavy (non-hydrogen) atoms. The van der Waals surface area contributed by atoms with E-state index in [4.69, 9.17) is 9.84 Å². The van der Waals surface area contributed by atoms with Crippen LogP contribution in [0.25, 0.3) is 17.2 Å². The van der Waals surface area contributed by atoms with E-state index < -0.39 is 5.97 Å². The monoisotopic (exact) mass is 402 g/mol. The van der Waals surface area contributed by atoms with Crippen LogP contribution in [0.2, 0.25) is 0 Å². The molecule has 0 amide bonds. The summed E-state index contributed by atoms with van der Waals surface area (Å²) < 4.78 is 5.92. The Balaban J connectivity index is 1.59. The summed E-state index contributed by atoms with van der Waals surface area (Å²) >= 11 is 0. The lowest BCUT2D eigenvalue weighted by molar-refractivity contribution is -0.131. The van der Waals surface area contributed by atoms with Gasteiger partial charge in [-0.25, -0.2) is 4.79 Å². The van der Waals surface area contributed by atoms with Crippen LogP contribution in [0.15, 0.2) is 42.5 Å². The summed E-state index contributed by atoms with van der Waals surface area (Å²) in [5.74, 6) is 2.77. The Morgan fingerprint density at radius 3 is 2.33 bits per heavy atom. The quantitative estimate of drug-likeness (QED) is 0.603. The van der Waals surface area contributed by atoms with E-state index in [-0.39, 0.29) is 5.41 Å². The fraction of sp³-hybridized carbons (Fsp3) is 0.444. The molecule has 0 saturated heterocycles. The first-order valence-electron chi connectivity index (χ1n) is 11.2. The molecule has 3 heteroatoms. The second-order valence-corrected chi connectivity index (χ2v) is 9.86. The number of methoxy groups -OCH3 is 1. The molecule has 3 nitrogen and oxygen atoms in total. The van der Waals surface area contributed by atoms with E-state index in [1.54, 1.807) is 13.2 Å². The minimum atomic E-state index is -0.926. The number of aryl methyl sites for hydroxylation is 1. The van der Waals surface area contributed by atoms with Crippen molar-refractivity contribution >= 4 is 12.0 Å². The molecule has 0 heterocycles. The maximum absolute atomic E-state index is 10.9. The van der Waals surface area contributed by atoms with Crippen molar-refractivity contribution in [2.75, 3.05) is 7.11 Å². The fourth-order valence-corrected chi connectivity index (χ4v) is 6.99. The van der Waals surface area contributed by atoms with E-state index in [9.17, 15) is 4.79 Å². The first-order valence-corrected chi connectivity index (χ1v) is 11.2. The molecule has 0 radical (unpaired) electrons. The van der Waals surface area contributed by atoms with Crippen molar-refractivity contribution in [2.45, 2.75) is 50.9 Å². The maximum Gasteiger partial charge on any atom is 0.328 e. The Kier molecular flexibility index (Phi) is 4.72. The van der Waals surface area contributed by atoms with E-state index in [2.05, 4.69) is 31.2 Å². The number of hydrogen-bond donors (Lipinski definition) is 1. The van der Waals surface area contributed by atoms with Crippen molar-refractivity contribution in [3.8, 4) is 16.9 Å². The molecule has 4 bridgehead atoms. The minimum absolute atomic E-state index is 0.267. The molecule has 156 valence electrons. The molecule has 1 N–H and O–H groups in total. The molecule has 0 unspecified atom stereocenters. The van der Waals surface area contributed by atoms with Gasteiger partial charge in [0.2, 0.25) is 0 Å². The number of aliphatic carboxylic acids is 1. The van der Waals surface area contributed by atoms with Gasteiger partial charge in [-0.2, -0.15) is 0 Å². The number of carboxylic acids is 1. The summed E-state index contributed by atoms with van der Waals surface area (Å²) in [4.78, 5) is 10.9. The van der Waals surface area contributed by atoms with Crippen LogP contribution in [0, 0.1) is 24.7 Å². The zero-order valence-electron chi connectivity index (χ0n) is 17.9. The van der Waals surface area contributed by atoms with Gasteiger partial charge in [-0.1, -0.05) is 18.2 Å². The number of rotatable bonds is 5. The van der Waals surface area contributed by atoms with Crippen LogP contribution >= 0.6 is 0 Å². The van der Waals surface area contributed by atoms with Crippen LogP contribution in [-0.2, 0) is 10.2 Å². The van der Waals surface area contributed by atoms with Gasteiger partial charge >= 0.3 is 5.97 Å². The number of carboxylic acid groups (broad SMARTS) is 1. The highest BCUT2D eigenvalue weighted by atomic mass is 16.5. The summed E-state index contributed by atoms with van der Waals surface area (Å²) in [5, 5.41) is 8.95. The van der Waals surface area contributed by atoms with E-state index in [0.717, 1.165) is 34.6 Å². The lowest BCUT2D eigenvalue weighted by atomic mass is 9.48. The molecule has 4 saturated carbocycles. The maximum atomic E-state index is 10.9. The van der Waals surface area contributed by atoms with Gasteiger partial charge in [0, 0.05) is 11.6 Å². The van der Waals surface area contributed by atoms with Gasteiger partial charge in [0.25, 0.3) is 0 Å². The second-order valence-electron chi connectivity index (χ2n) is 9.86. The van der Waals surface area contributed by atoms with Gasteiger partial charge in [0.1, 0.15) is 5.75 Å². The standard InChI is InChI=1S/C27H30O3/c1-17-8-25(30-2)24(27-14-19-9-20(15-27)11-21(10-19)16-27)13-23(17)22-5-3-4-18(12-22)6-7-26(28)29/h3-8,12-13,19-21H,9-11,14-16H2,1-2H3,(H,28,29)/b7-6+. The van der Waals surface area contributed by atoms with Crippen molar-refractivity contribution in [1.29, 1.82) is 0 Å². The summed E-state index contributed by atoms with van der Waals surface area (Å²) in [7, 11) is 1.80. The van der Waals surface area contributed by atoms with Crippen LogP contribution in [0.1, 0.15) is 55.2 Å². The Hall–Kier alpha value is -2.55. The second kappa shape index (κ2) is 7.30. The normalized spacial score (nSPS) is 29.5. The number of hydrogen-bond acceptors (Lipinski definition) is 2.